The molecule has 1 aromatic carbocycles. The molecular formula is C16H23N2+. The molecule has 0 radical (unpaired) electrons. The lowest BCUT2D eigenvalue weighted by atomic mass is 9.98. The van der Waals surface area contributed by atoms with Crippen LogP contribution in [0.15, 0.2) is 43.0 Å². The van der Waals surface area contributed by atoms with Crippen molar-refractivity contribution in [1.29, 1.82) is 0 Å². The molecule has 2 rings (SSSR count). The summed E-state index contributed by atoms with van der Waals surface area (Å²) in [6, 6.07) is 9.03. The summed E-state index contributed by atoms with van der Waals surface area (Å²) >= 11 is 0. The molecule has 0 aliphatic rings. The van der Waals surface area contributed by atoms with Crippen LogP contribution in [0.25, 0.3) is 0 Å². The van der Waals surface area contributed by atoms with Gasteiger partial charge in [-0.05, 0) is 30.4 Å². The Bertz CT molecular complexity index is 482. The van der Waals surface area contributed by atoms with E-state index in [9.17, 15) is 0 Å². The molecule has 96 valence electrons. The smallest absolute Gasteiger partial charge is 0.237 e. The lowest BCUT2D eigenvalue weighted by Crippen LogP contribution is -2.31. The van der Waals surface area contributed by atoms with Gasteiger partial charge in [-0.15, -0.1) is 0 Å². The van der Waals surface area contributed by atoms with E-state index in [2.05, 4.69) is 72.9 Å². The predicted molar refractivity (Wildman–Crippen MR) is 74.6 cm³/mol. The normalized spacial score (nSPS) is 12.6. The van der Waals surface area contributed by atoms with Gasteiger partial charge in [0.1, 0.15) is 18.9 Å². The molecule has 2 aromatic rings. The highest BCUT2D eigenvalue weighted by Crippen LogP contribution is 2.18. The minimum Gasteiger partial charge on any atom is -0.237 e. The SMILES string of the molecule is CCC(C)c1ccc(C[n+]2ccn(CC)c2)cc1. The number of nitrogens with zero attached hydrogens (tertiary/aromatic N) is 2. The van der Waals surface area contributed by atoms with E-state index >= 15 is 0 Å². The van der Waals surface area contributed by atoms with Gasteiger partial charge in [-0.25, -0.2) is 9.13 Å². The third kappa shape index (κ3) is 3.00. The number of imidazole rings is 1. The Morgan fingerprint density at radius 1 is 1.17 bits per heavy atom. The molecule has 0 aliphatic carbocycles. The second-order valence-corrected chi connectivity index (χ2v) is 4.97. The molecule has 0 aliphatic heterocycles. The highest BCUT2D eigenvalue weighted by molar-refractivity contribution is 5.24. The molecule has 1 heterocycles. The summed E-state index contributed by atoms with van der Waals surface area (Å²) in [4.78, 5) is 0. The van der Waals surface area contributed by atoms with E-state index in [-0.39, 0.29) is 0 Å². The maximum absolute atomic E-state index is 2.28. The van der Waals surface area contributed by atoms with Crippen molar-refractivity contribution in [2.45, 2.75) is 46.2 Å². The van der Waals surface area contributed by atoms with Gasteiger partial charge in [-0.3, -0.25) is 0 Å². The van der Waals surface area contributed by atoms with Gasteiger partial charge in [-0.1, -0.05) is 38.1 Å². The molecule has 1 aromatic heterocycles. The van der Waals surface area contributed by atoms with Crippen molar-refractivity contribution in [3.63, 3.8) is 0 Å². The molecule has 1 unspecified atom stereocenters. The lowest BCUT2D eigenvalue weighted by molar-refractivity contribution is -0.687. The zero-order valence-corrected chi connectivity index (χ0v) is 11.6. The lowest BCUT2D eigenvalue weighted by Gasteiger charge is -2.09. The first-order valence-electron chi connectivity index (χ1n) is 6.86. The second-order valence-electron chi connectivity index (χ2n) is 4.97. The largest absolute Gasteiger partial charge is 0.244 e. The van der Waals surface area contributed by atoms with Crippen molar-refractivity contribution in [2.75, 3.05) is 0 Å². The Hall–Kier alpha value is -1.57. The maximum atomic E-state index is 2.28. The fourth-order valence-electron chi connectivity index (χ4n) is 2.12. The average molecular weight is 243 g/mol. The summed E-state index contributed by atoms with van der Waals surface area (Å²) in [5.74, 6) is 0.660. The number of aromatic nitrogens is 2. The van der Waals surface area contributed by atoms with E-state index < -0.39 is 0 Å². The summed E-state index contributed by atoms with van der Waals surface area (Å²) in [7, 11) is 0. The minimum atomic E-state index is 0.660. The summed E-state index contributed by atoms with van der Waals surface area (Å²) in [5, 5.41) is 0. The van der Waals surface area contributed by atoms with Crippen molar-refractivity contribution in [1.82, 2.24) is 4.57 Å². The first kappa shape index (κ1) is 12.9. The topological polar surface area (TPSA) is 8.81 Å². The van der Waals surface area contributed by atoms with Gasteiger partial charge >= 0.3 is 0 Å². The Balaban J connectivity index is 2.06. The highest BCUT2D eigenvalue weighted by Gasteiger charge is 2.05. The molecule has 18 heavy (non-hydrogen) atoms. The third-order valence-corrected chi connectivity index (χ3v) is 3.64. The summed E-state index contributed by atoms with van der Waals surface area (Å²) in [6.07, 6.45) is 7.61. The van der Waals surface area contributed by atoms with Crippen LogP contribution < -0.4 is 4.57 Å². The average Bonchev–Trinajstić information content (AvgIpc) is 2.86. The monoisotopic (exact) mass is 243 g/mol. The van der Waals surface area contributed by atoms with Crippen LogP contribution in [0.2, 0.25) is 0 Å². The Kier molecular flexibility index (Phi) is 4.19. The molecule has 0 amide bonds. The summed E-state index contributed by atoms with van der Waals surface area (Å²) < 4.78 is 4.41. The van der Waals surface area contributed by atoms with Crippen LogP contribution in [-0.4, -0.2) is 4.57 Å². The zero-order chi connectivity index (χ0) is 13.0. The molecular weight excluding hydrogens is 220 g/mol. The maximum Gasteiger partial charge on any atom is 0.244 e. The molecule has 0 spiro atoms. The molecule has 0 saturated heterocycles. The molecule has 0 fully saturated rings. The number of hydrogen-bond donors (Lipinski definition) is 0. The van der Waals surface area contributed by atoms with Crippen LogP contribution in [-0.2, 0) is 13.1 Å². The molecule has 0 N–H and O–H groups in total. The summed E-state index contributed by atoms with van der Waals surface area (Å²) in [6.45, 7) is 8.66. The van der Waals surface area contributed by atoms with Crippen LogP contribution in [0.4, 0.5) is 0 Å². The van der Waals surface area contributed by atoms with Gasteiger partial charge in [0.15, 0.2) is 0 Å². The minimum absolute atomic E-state index is 0.660. The van der Waals surface area contributed by atoms with Gasteiger partial charge in [-0.2, -0.15) is 0 Å². The van der Waals surface area contributed by atoms with Crippen molar-refractivity contribution < 1.29 is 4.57 Å². The zero-order valence-electron chi connectivity index (χ0n) is 11.6. The van der Waals surface area contributed by atoms with Crippen molar-refractivity contribution >= 4 is 0 Å². The number of benzene rings is 1. The van der Waals surface area contributed by atoms with Gasteiger partial charge in [0.25, 0.3) is 0 Å². The number of aryl methyl sites for hydroxylation is 1. The first-order valence-corrected chi connectivity index (χ1v) is 6.86. The standard InChI is InChI=1S/C16H23N2/c1-4-14(3)16-8-6-15(7-9-16)12-18-11-10-17(5-2)13-18/h6-11,13-14H,4-5,12H2,1-3H3/q+1. The quantitative estimate of drug-likeness (QED) is 0.712. The van der Waals surface area contributed by atoms with Gasteiger partial charge in [0.05, 0.1) is 6.54 Å². The van der Waals surface area contributed by atoms with E-state index in [0.717, 1.165) is 13.1 Å². The molecule has 2 nitrogen and oxygen atoms in total. The highest BCUT2D eigenvalue weighted by atomic mass is 15.1. The van der Waals surface area contributed by atoms with Crippen molar-refractivity contribution in [2.24, 2.45) is 0 Å². The van der Waals surface area contributed by atoms with Gasteiger partial charge in [0, 0.05) is 0 Å². The Labute approximate surface area is 110 Å². The van der Waals surface area contributed by atoms with Crippen LogP contribution in [0.3, 0.4) is 0 Å². The van der Waals surface area contributed by atoms with Crippen molar-refractivity contribution in [3.05, 3.63) is 54.1 Å². The van der Waals surface area contributed by atoms with E-state index in [1.807, 2.05) is 0 Å². The van der Waals surface area contributed by atoms with E-state index in [1.54, 1.807) is 0 Å². The third-order valence-electron chi connectivity index (χ3n) is 3.64. The van der Waals surface area contributed by atoms with Crippen molar-refractivity contribution in [3.8, 4) is 0 Å². The first-order chi connectivity index (χ1) is 8.72. The van der Waals surface area contributed by atoms with E-state index in [4.69, 9.17) is 0 Å². The molecule has 0 bridgehead atoms. The second kappa shape index (κ2) is 5.85. The molecule has 0 saturated carbocycles. The fraction of sp³-hybridized carbons (Fsp3) is 0.438. The Morgan fingerprint density at radius 2 is 1.89 bits per heavy atom. The molecule has 1 atom stereocenters. The Morgan fingerprint density at radius 3 is 2.44 bits per heavy atom. The van der Waals surface area contributed by atoms with Gasteiger partial charge < -0.3 is 0 Å². The van der Waals surface area contributed by atoms with E-state index in [1.165, 1.54) is 17.5 Å². The molecule has 2 heteroatoms. The van der Waals surface area contributed by atoms with Crippen LogP contribution >= 0.6 is 0 Å². The number of hydrogen-bond acceptors (Lipinski definition) is 0. The predicted octanol–water partition coefficient (Wildman–Crippen LogP) is 3.36. The van der Waals surface area contributed by atoms with Crippen LogP contribution in [0.1, 0.15) is 44.2 Å². The summed E-state index contributed by atoms with van der Waals surface area (Å²) in [5.41, 5.74) is 2.80. The van der Waals surface area contributed by atoms with Gasteiger partial charge in [0.2, 0.25) is 6.33 Å². The van der Waals surface area contributed by atoms with Crippen LogP contribution in [0, 0.1) is 0 Å². The van der Waals surface area contributed by atoms with Crippen LogP contribution in [0.5, 0.6) is 0 Å². The number of rotatable bonds is 5. The fourth-order valence-corrected chi connectivity index (χ4v) is 2.12. The van der Waals surface area contributed by atoms with E-state index in [0.29, 0.717) is 5.92 Å².